The highest BCUT2D eigenvalue weighted by molar-refractivity contribution is 7.92. The molecule has 0 aliphatic carbocycles. The minimum atomic E-state index is -3.30. The third-order valence-corrected chi connectivity index (χ3v) is 4.70. The van der Waals surface area contributed by atoms with E-state index in [1.807, 2.05) is 24.3 Å². The second-order valence-corrected chi connectivity index (χ2v) is 8.31. The summed E-state index contributed by atoms with van der Waals surface area (Å²) in [6.45, 7) is 1.21. The van der Waals surface area contributed by atoms with Gasteiger partial charge in [-0.2, -0.15) is 0 Å². The molecule has 8 heteroatoms. The Bertz CT molecular complexity index is 999. The molecule has 3 aromatic rings. The number of aliphatic hydroxyl groups excluding tert-OH is 1. The molecule has 2 aromatic carbocycles. The second kappa shape index (κ2) is 9.09. The zero-order valence-corrected chi connectivity index (χ0v) is 16.4. The molecule has 1 atom stereocenters. The van der Waals surface area contributed by atoms with Crippen LogP contribution in [0.2, 0.25) is 0 Å². The Morgan fingerprint density at radius 2 is 1.89 bits per heavy atom. The van der Waals surface area contributed by atoms with Crippen LogP contribution in [-0.2, 0) is 16.4 Å². The van der Waals surface area contributed by atoms with E-state index in [4.69, 9.17) is 9.15 Å². The summed E-state index contributed by atoms with van der Waals surface area (Å²) in [4.78, 5) is 0. The van der Waals surface area contributed by atoms with Crippen molar-refractivity contribution in [2.75, 3.05) is 30.7 Å². The lowest BCUT2D eigenvalue weighted by molar-refractivity contribution is 0.106. The normalized spacial score (nSPS) is 12.8. The van der Waals surface area contributed by atoms with E-state index in [9.17, 15) is 13.5 Å². The molecule has 28 heavy (non-hydrogen) atoms. The molecule has 0 saturated heterocycles. The molecular formula is C20H24N2O5S. The van der Waals surface area contributed by atoms with Gasteiger partial charge >= 0.3 is 0 Å². The third kappa shape index (κ3) is 5.98. The molecule has 0 spiro atoms. The first-order valence-electron chi connectivity index (χ1n) is 8.95. The quantitative estimate of drug-likeness (QED) is 0.449. The Morgan fingerprint density at radius 1 is 1.14 bits per heavy atom. The van der Waals surface area contributed by atoms with Gasteiger partial charge in [0, 0.05) is 36.0 Å². The van der Waals surface area contributed by atoms with Gasteiger partial charge in [0.25, 0.3) is 0 Å². The molecule has 0 fully saturated rings. The number of sulfonamides is 1. The number of nitrogens with one attached hydrogen (secondary N) is 2. The number of rotatable bonds is 10. The zero-order chi connectivity index (χ0) is 20.0. The Kier molecular flexibility index (Phi) is 6.56. The summed E-state index contributed by atoms with van der Waals surface area (Å²) < 4.78 is 35.9. The largest absolute Gasteiger partial charge is 0.491 e. The van der Waals surface area contributed by atoms with Crippen molar-refractivity contribution in [1.29, 1.82) is 0 Å². The van der Waals surface area contributed by atoms with Crippen molar-refractivity contribution in [2.45, 2.75) is 12.5 Å². The van der Waals surface area contributed by atoms with Crippen LogP contribution in [0.3, 0.4) is 0 Å². The first-order valence-corrected chi connectivity index (χ1v) is 10.8. The van der Waals surface area contributed by atoms with E-state index in [-0.39, 0.29) is 6.61 Å². The molecular weight excluding hydrogens is 380 g/mol. The number of fused-ring (bicyclic) bond motifs is 1. The molecule has 0 aliphatic heterocycles. The molecule has 0 amide bonds. The highest BCUT2D eigenvalue weighted by atomic mass is 32.2. The molecule has 0 bridgehead atoms. The van der Waals surface area contributed by atoms with Gasteiger partial charge in [0.15, 0.2) is 0 Å². The molecule has 0 aliphatic rings. The van der Waals surface area contributed by atoms with Crippen LogP contribution in [0.5, 0.6) is 5.75 Å². The van der Waals surface area contributed by atoms with Crippen molar-refractivity contribution in [3.05, 3.63) is 60.6 Å². The molecule has 1 aromatic heterocycles. The Labute approximate surface area is 164 Å². The highest BCUT2D eigenvalue weighted by Gasteiger charge is 2.08. The van der Waals surface area contributed by atoms with E-state index in [1.165, 1.54) is 0 Å². The zero-order valence-electron chi connectivity index (χ0n) is 15.6. The highest BCUT2D eigenvalue weighted by Crippen LogP contribution is 2.20. The summed E-state index contributed by atoms with van der Waals surface area (Å²) in [7, 11) is -3.30. The van der Waals surface area contributed by atoms with Crippen molar-refractivity contribution >= 4 is 26.5 Å². The predicted molar refractivity (Wildman–Crippen MR) is 109 cm³/mol. The van der Waals surface area contributed by atoms with Crippen molar-refractivity contribution in [3.8, 4) is 5.75 Å². The number of hydrogen-bond acceptors (Lipinski definition) is 6. The van der Waals surface area contributed by atoms with Gasteiger partial charge in [0.1, 0.15) is 24.2 Å². The van der Waals surface area contributed by atoms with Crippen molar-refractivity contribution in [3.63, 3.8) is 0 Å². The minimum absolute atomic E-state index is 0.134. The molecule has 0 radical (unpaired) electrons. The number of furan rings is 1. The Hall–Kier alpha value is -2.55. The van der Waals surface area contributed by atoms with Crippen LogP contribution in [0.15, 0.2) is 59.2 Å². The second-order valence-electron chi connectivity index (χ2n) is 6.56. The summed E-state index contributed by atoms with van der Waals surface area (Å²) >= 11 is 0. The molecule has 150 valence electrons. The van der Waals surface area contributed by atoms with Crippen LogP contribution < -0.4 is 14.8 Å². The lowest BCUT2D eigenvalue weighted by atomic mass is 10.1. The monoisotopic (exact) mass is 404 g/mol. The fourth-order valence-electron chi connectivity index (χ4n) is 2.80. The van der Waals surface area contributed by atoms with Crippen molar-refractivity contribution in [1.82, 2.24) is 5.32 Å². The lowest BCUT2D eigenvalue weighted by Gasteiger charge is -2.13. The number of ether oxygens (including phenoxy) is 1. The predicted octanol–water partition coefficient (Wildman–Crippen LogP) is 2.38. The van der Waals surface area contributed by atoms with Gasteiger partial charge in [-0.15, -0.1) is 0 Å². The van der Waals surface area contributed by atoms with Crippen molar-refractivity contribution < 1.29 is 22.7 Å². The first-order chi connectivity index (χ1) is 13.4. The fraction of sp³-hybridized carbons (Fsp3) is 0.300. The maximum atomic E-state index is 11.2. The van der Waals surface area contributed by atoms with Crippen molar-refractivity contribution in [2.24, 2.45) is 0 Å². The summed E-state index contributed by atoms with van der Waals surface area (Å²) in [6.07, 6.45) is 2.91. The van der Waals surface area contributed by atoms with Crippen LogP contribution in [0.4, 0.5) is 5.69 Å². The van der Waals surface area contributed by atoms with E-state index < -0.39 is 16.1 Å². The molecule has 1 unspecified atom stereocenters. The van der Waals surface area contributed by atoms with Crippen LogP contribution in [0.1, 0.15) is 5.76 Å². The maximum absolute atomic E-state index is 11.2. The molecule has 1 heterocycles. The van der Waals surface area contributed by atoms with E-state index in [2.05, 4.69) is 10.0 Å². The first kappa shape index (κ1) is 20.2. The van der Waals surface area contributed by atoms with Crippen LogP contribution in [-0.4, -0.2) is 45.6 Å². The number of aliphatic hydroxyl groups is 1. The van der Waals surface area contributed by atoms with E-state index >= 15 is 0 Å². The minimum Gasteiger partial charge on any atom is -0.491 e. The van der Waals surface area contributed by atoms with Gasteiger partial charge in [-0.1, -0.05) is 24.3 Å². The summed E-state index contributed by atoms with van der Waals surface area (Å²) in [5.74, 6) is 1.48. The molecule has 0 saturated carbocycles. The summed E-state index contributed by atoms with van der Waals surface area (Å²) in [5.41, 5.74) is 0.461. The average molecular weight is 404 g/mol. The average Bonchev–Trinajstić information content (AvgIpc) is 3.07. The van der Waals surface area contributed by atoms with Crippen LogP contribution >= 0.6 is 0 Å². The third-order valence-electron chi connectivity index (χ3n) is 4.10. The smallest absolute Gasteiger partial charge is 0.229 e. The van der Waals surface area contributed by atoms with Crippen LogP contribution in [0.25, 0.3) is 10.8 Å². The van der Waals surface area contributed by atoms with E-state index in [0.29, 0.717) is 24.5 Å². The lowest BCUT2D eigenvalue weighted by Crippen LogP contribution is -2.32. The molecule has 3 N–H and O–H groups in total. The SMILES string of the molecule is CS(=O)(=O)Nc1ccc(OCC(O)CNCCc2occ3ccccc23)cc1. The van der Waals surface area contributed by atoms with Crippen LogP contribution in [0, 0.1) is 0 Å². The van der Waals surface area contributed by atoms with Gasteiger partial charge in [-0.25, -0.2) is 8.42 Å². The number of hydrogen-bond donors (Lipinski definition) is 3. The fourth-order valence-corrected chi connectivity index (χ4v) is 3.36. The van der Waals surface area contributed by atoms with Gasteiger partial charge in [0.05, 0.1) is 12.5 Å². The maximum Gasteiger partial charge on any atom is 0.229 e. The molecule has 3 rings (SSSR count). The standard InChI is InChI=1S/C20H24N2O5S/c1-28(24,25)22-16-6-8-18(9-7-16)26-14-17(23)12-21-11-10-20-19-5-3-2-4-15(19)13-27-20/h2-9,13,17,21-23H,10-12,14H2,1H3. The summed E-state index contributed by atoms with van der Waals surface area (Å²) in [6, 6.07) is 14.5. The Balaban J connectivity index is 1.37. The summed E-state index contributed by atoms with van der Waals surface area (Å²) in [5, 5.41) is 15.4. The van der Waals surface area contributed by atoms with E-state index in [0.717, 1.165) is 29.2 Å². The Morgan fingerprint density at radius 3 is 2.64 bits per heavy atom. The molecule has 7 nitrogen and oxygen atoms in total. The number of benzene rings is 2. The van der Waals surface area contributed by atoms with Gasteiger partial charge < -0.3 is 19.6 Å². The number of anilines is 1. The van der Waals surface area contributed by atoms with Gasteiger partial charge in [-0.3, -0.25) is 4.72 Å². The van der Waals surface area contributed by atoms with Gasteiger partial charge in [-0.05, 0) is 24.3 Å². The van der Waals surface area contributed by atoms with Gasteiger partial charge in [0.2, 0.25) is 10.0 Å². The van der Waals surface area contributed by atoms with E-state index in [1.54, 1.807) is 30.5 Å². The topological polar surface area (TPSA) is 101 Å².